The van der Waals surface area contributed by atoms with E-state index in [4.69, 9.17) is 9.47 Å². The molecule has 2 aromatic carbocycles. The van der Waals surface area contributed by atoms with E-state index in [2.05, 4.69) is 0 Å². The van der Waals surface area contributed by atoms with Crippen molar-refractivity contribution in [3.63, 3.8) is 0 Å². The van der Waals surface area contributed by atoms with E-state index in [1.807, 2.05) is 0 Å². The summed E-state index contributed by atoms with van der Waals surface area (Å²) in [6.45, 7) is 0.433. The Morgan fingerprint density at radius 2 is 1.59 bits per heavy atom. The number of aliphatic hydroxyl groups excluding tert-OH is 1. The summed E-state index contributed by atoms with van der Waals surface area (Å²) in [5, 5.41) is 29.6. The molecule has 2 aromatic rings. The lowest BCUT2D eigenvalue weighted by molar-refractivity contribution is 0.0312. The summed E-state index contributed by atoms with van der Waals surface area (Å²) in [7, 11) is 0. The standard InChI is InChI=1S/C17H14O5/c18-9-2-4-13-14(7-9)21-6-5-12-11-3-1-10(19)8-15(11)22-17(20)16(12)13/h1-4,7-8,17-20H,5-6H2. The molecule has 0 fully saturated rings. The third-order valence-corrected chi connectivity index (χ3v) is 3.97. The highest BCUT2D eigenvalue weighted by molar-refractivity contribution is 5.97. The van der Waals surface area contributed by atoms with Crippen LogP contribution in [0.1, 0.15) is 17.5 Å². The molecular formula is C17H14O5. The van der Waals surface area contributed by atoms with Gasteiger partial charge >= 0.3 is 0 Å². The number of hydrogen-bond donors (Lipinski definition) is 3. The minimum absolute atomic E-state index is 0.0881. The lowest BCUT2D eigenvalue weighted by Gasteiger charge is -2.27. The molecule has 2 aliphatic heterocycles. The molecule has 0 bridgehead atoms. The summed E-state index contributed by atoms with van der Waals surface area (Å²) in [5.74, 6) is 1.17. The number of phenolic OH excluding ortho intramolecular Hbond substituents is 2. The van der Waals surface area contributed by atoms with Crippen LogP contribution >= 0.6 is 0 Å². The van der Waals surface area contributed by atoms with Gasteiger partial charge in [-0.2, -0.15) is 0 Å². The molecule has 0 radical (unpaired) electrons. The van der Waals surface area contributed by atoms with Gasteiger partial charge in [-0.25, -0.2) is 0 Å². The van der Waals surface area contributed by atoms with E-state index < -0.39 is 6.29 Å². The van der Waals surface area contributed by atoms with Crippen molar-refractivity contribution in [1.29, 1.82) is 0 Å². The molecule has 2 aliphatic rings. The van der Waals surface area contributed by atoms with E-state index in [0.717, 1.165) is 11.1 Å². The van der Waals surface area contributed by atoms with Crippen LogP contribution in [-0.2, 0) is 0 Å². The molecule has 0 aromatic heterocycles. The Balaban J connectivity index is 1.97. The van der Waals surface area contributed by atoms with Crippen LogP contribution in [0.3, 0.4) is 0 Å². The Bertz CT molecular complexity index is 794. The molecule has 0 saturated heterocycles. The summed E-state index contributed by atoms with van der Waals surface area (Å²) in [5.41, 5.74) is 3.11. The van der Waals surface area contributed by atoms with E-state index in [1.54, 1.807) is 24.3 Å². The molecule has 2 heterocycles. The first kappa shape index (κ1) is 13.0. The van der Waals surface area contributed by atoms with Gasteiger partial charge in [0.1, 0.15) is 23.0 Å². The Kier molecular flexibility index (Phi) is 2.77. The van der Waals surface area contributed by atoms with Crippen molar-refractivity contribution in [1.82, 2.24) is 0 Å². The SMILES string of the molecule is Oc1ccc2c(c1)OC(O)C1=C2CCOc2cc(O)ccc21. The van der Waals surface area contributed by atoms with E-state index in [-0.39, 0.29) is 11.5 Å². The summed E-state index contributed by atoms with van der Waals surface area (Å²) in [6, 6.07) is 9.65. The molecule has 0 spiro atoms. The maximum absolute atomic E-state index is 10.4. The summed E-state index contributed by atoms with van der Waals surface area (Å²) >= 11 is 0. The van der Waals surface area contributed by atoms with Gasteiger partial charge in [0.15, 0.2) is 0 Å². The van der Waals surface area contributed by atoms with Gasteiger partial charge in [-0.05, 0) is 29.8 Å². The monoisotopic (exact) mass is 298 g/mol. The van der Waals surface area contributed by atoms with Crippen molar-refractivity contribution in [3.8, 4) is 23.0 Å². The normalized spacial score (nSPS) is 19.2. The molecule has 1 atom stereocenters. The van der Waals surface area contributed by atoms with Gasteiger partial charge in [-0.1, -0.05) is 0 Å². The summed E-state index contributed by atoms with van der Waals surface area (Å²) < 4.78 is 11.2. The number of aliphatic hydroxyl groups is 1. The van der Waals surface area contributed by atoms with Crippen molar-refractivity contribution in [2.45, 2.75) is 12.7 Å². The lowest BCUT2D eigenvalue weighted by atomic mass is 9.90. The number of fused-ring (bicyclic) bond motifs is 4. The van der Waals surface area contributed by atoms with Gasteiger partial charge in [0.05, 0.1) is 6.61 Å². The molecule has 0 amide bonds. The summed E-state index contributed by atoms with van der Waals surface area (Å²) in [4.78, 5) is 0. The zero-order valence-corrected chi connectivity index (χ0v) is 11.6. The van der Waals surface area contributed by atoms with Crippen LogP contribution < -0.4 is 9.47 Å². The third kappa shape index (κ3) is 1.90. The van der Waals surface area contributed by atoms with Gasteiger partial charge in [0.25, 0.3) is 0 Å². The van der Waals surface area contributed by atoms with Crippen molar-refractivity contribution in [2.75, 3.05) is 6.61 Å². The lowest BCUT2D eigenvalue weighted by Crippen LogP contribution is -2.23. The van der Waals surface area contributed by atoms with E-state index in [0.29, 0.717) is 35.7 Å². The molecule has 5 heteroatoms. The smallest absolute Gasteiger partial charge is 0.225 e. The molecule has 22 heavy (non-hydrogen) atoms. The third-order valence-electron chi connectivity index (χ3n) is 3.97. The number of ether oxygens (including phenoxy) is 2. The molecule has 112 valence electrons. The van der Waals surface area contributed by atoms with Gasteiger partial charge in [-0.3, -0.25) is 0 Å². The van der Waals surface area contributed by atoms with Crippen LogP contribution in [0.4, 0.5) is 0 Å². The second-order valence-corrected chi connectivity index (χ2v) is 5.32. The molecular weight excluding hydrogens is 284 g/mol. The zero-order chi connectivity index (χ0) is 15.3. The molecule has 4 rings (SSSR count). The fraction of sp³-hybridized carbons (Fsp3) is 0.176. The van der Waals surface area contributed by atoms with Crippen LogP contribution in [0.15, 0.2) is 36.4 Å². The van der Waals surface area contributed by atoms with Crippen LogP contribution in [0.5, 0.6) is 23.0 Å². The Labute approximate surface area is 126 Å². The second kappa shape index (κ2) is 4.68. The number of aromatic hydroxyl groups is 2. The average molecular weight is 298 g/mol. The van der Waals surface area contributed by atoms with Crippen LogP contribution in [0.2, 0.25) is 0 Å². The summed E-state index contributed by atoms with van der Waals surface area (Å²) in [6.07, 6.45) is -0.544. The Hall–Kier alpha value is -2.66. The first-order valence-electron chi connectivity index (χ1n) is 7.01. The number of rotatable bonds is 0. The number of hydrogen-bond acceptors (Lipinski definition) is 5. The van der Waals surface area contributed by atoms with Crippen molar-refractivity contribution < 1.29 is 24.8 Å². The van der Waals surface area contributed by atoms with Crippen molar-refractivity contribution in [2.24, 2.45) is 0 Å². The van der Waals surface area contributed by atoms with Gasteiger partial charge in [-0.15, -0.1) is 0 Å². The predicted molar refractivity (Wildman–Crippen MR) is 79.8 cm³/mol. The number of benzene rings is 2. The van der Waals surface area contributed by atoms with Gasteiger partial charge < -0.3 is 24.8 Å². The molecule has 3 N–H and O–H groups in total. The van der Waals surface area contributed by atoms with E-state index in [9.17, 15) is 15.3 Å². The van der Waals surface area contributed by atoms with Crippen molar-refractivity contribution >= 4 is 11.1 Å². The van der Waals surface area contributed by atoms with Crippen LogP contribution in [-0.4, -0.2) is 28.2 Å². The fourth-order valence-corrected chi connectivity index (χ4v) is 3.01. The maximum atomic E-state index is 10.4. The quantitative estimate of drug-likeness (QED) is 0.696. The predicted octanol–water partition coefficient (Wildman–Crippen LogP) is 2.50. The highest BCUT2D eigenvalue weighted by Gasteiger charge is 2.31. The topological polar surface area (TPSA) is 79.2 Å². The van der Waals surface area contributed by atoms with Gasteiger partial charge in [0, 0.05) is 35.3 Å². The Morgan fingerprint density at radius 1 is 0.909 bits per heavy atom. The van der Waals surface area contributed by atoms with Crippen LogP contribution in [0, 0.1) is 0 Å². The molecule has 5 nitrogen and oxygen atoms in total. The van der Waals surface area contributed by atoms with Crippen LogP contribution in [0.25, 0.3) is 11.1 Å². The minimum atomic E-state index is -1.14. The Morgan fingerprint density at radius 3 is 2.36 bits per heavy atom. The molecule has 0 aliphatic carbocycles. The molecule has 1 unspecified atom stereocenters. The first-order chi connectivity index (χ1) is 10.6. The van der Waals surface area contributed by atoms with Crippen molar-refractivity contribution in [3.05, 3.63) is 47.5 Å². The van der Waals surface area contributed by atoms with E-state index in [1.165, 1.54) is 12.1 Å². The fourth-order valence-electron chi connectivity index (χ4n) is 3.01. The minimum Gasteiger partial charge on any atom is -0.508 e. The average Bonchev–Trinajstić information content (AvgIpc) is 2.66. The van der Waals surface area contributed by atoms with E-state index >= 15 is 0 Å². The first-order valence-corrected chi connectivity index (χ1v) is 7.01. The highest BCUT2D eigenvalue weighted by atomic mass is 16.6. The molecule has 0 saturated carbocycles. The number of phenols is 2. The maximum Gasteiger partial charge on any atom is 0.225 e. The highest BCUT2D eigenvalue weighted by Crippen LogP contribution is 2.46. The second-order valence-electron chi connectivity index (χ2n) is 5.32. The largest absolute Gasteiger partial charge is 0.508 e. The zero-order valence-electron chi connectivity index (χ0n) is 11.6. The van der Waals surface area contributed by atoms with Gasteiger partial charge in [0.2, 0.25) is 6.29 Å².